The Morgan fingerprint density at radius 3 is 2.42 bits per heavy atom. The molecule has 3 N–H and O–H groups in total. The summed E-state index contributed by atoms with van der Waals surface area (Å²) in [6.45, 7) is 5.42. The van der Waals surface area contributed by atoms with Crippen molar-refractivity contribution in [3.63, 3.8) is 0 Å². The fraction of sp³-hybridized carbons (Fsp3) is 0.889. The van der Waals surface area contributed by atoms with Crippen LogP contribution < -0.4 is 5.73 Å². The average Bonchev–Trinajstić information content (AvgIpc) is 1.99. The van der Waals surface area contributed by atoms with E-state index in [0.29, 0.717) is 0 Å². The van der Waals surface area contributed by atoms with E-state index in [1.54, 1.807) is 13.8 Å². The van der Waals surface area contributed by atoms with Crippen molar-refractivity contribution in [3.05, 3.63) is 0 Å². The van der Waals surface area contributed by atoms with Gasteiger partial charge in [-0.05, 0) is 20.3 Å². The van der Waals surface area contributed by atoms with Crippen molar-refractivity contribution in [2.45, 2.75) is 46.1 Å². The Morgan fingerprint density at radius 2 is 2.08 bits per heavy atom. The molecule has 0 radical (unpaired) electrons. The van der Waals surface area contributed by atoms with Crippen molar-refractivity contribution >= 4 is 5.97 Å². The van der Waals surface area contributed by atoms with Crippen LogP contribution >= 0.6 is 0 Å². The third-order valence-electron chi connectivity index (χ3n) is 2.35. The van der Waals surface area contributed by atoms with E-state index in [4.69, 9.17) is 10.8 Å². The maximum Gasteiger partial charge on any atom is 0.310 e. The van der Waals surface area contributed by atoms with Crippen molar-refractivity contribution in [2.24, 2.45) is 11.1 Å². The molecule has 3 nitrogen and oxygen atoms in total. The lowest BCUT2D eigenvalue weighted by Gasteiger charge is -2.26. The monoisotopic (exact) mass is 173 g/mol. The van der Waals surface area contributed by atoms with Crippen LogP contribution in [-0.2, 0) is 4.79 Å². The topological polar surface area (TPSA) is 63.3 Å². The van der Waals surface area contributed by atoms with E-state index in [1.165, 1.54) is 0 Å². The zero-order valence-electron chi connectivity index (χ0n) is 8.13. The van der Waals surface area contributed by atoms with E-state index < -0.39 is 11.4 Å². The Morgan fingerprint density at radius 1 is 1.58 bits per heavy atom. The number of nitrogens with two attached hydrogens (primary N) is 1. The minimum atomic E-state index is -0.814. The van der Waals surface area contributed by atoms with Gasteiger partial charge in [0.1, 0.15) is 0 Å². The Kier molecular flexibility index (Phi) is 4.24. The van der Waals surface area contributed by atoms with Crippen molar-refractivity contribution in [1.82, 2.24) is 0 Å². The minimum absolute atomic E-state index is 0.241. The molecule has 1 unspecified atom stereocenters. The maximum absolute atomic E-state index is 10.7. The molecule has 0 aromatic rings. The van der Waals surface area contributed by atoms with Crippen LogP contribution in [0.3, 0.4) is 0 Å². The quantitative estimate of drug-likeness (QED) is 0.664. The molecule has 0 aliphatic carbocycles. The lowest BCUT2D eigenvalue weighted by molar-refractivity contribution is -0.148. The number of aliphatic carboxylic acids is 1. The molecule has 0 heterocycles. The van der Waals surface area contributed by atoms with Gasteiger partial charge in [-0.3, -0.25) is 4.79 Å². The summed E-state index contributed by atoms with van der Waals surface area (Å²) in [5, 5.41) is 8.83. The number of carbonyl (C=O) groups is 1. The first-order valence-corrected chi connectivity index (χ1v) is 4.42. The molecular weight excluding hydrogens is 154 g/mol. The second-order valence-corrected chi connectivity index (χ2v) is 3.78. The number of hydrogen-bond donors (Lipinski definition) is 2. The average molecular weight is 173 g/mol. The van der Waals surface area contributed by atoms with Crippen LogP contribution in [0.4, 0.5) is 0 Å². The van der Waals surface area contributed by atoms with E-state index in [1.807, 2.05) is 0 Å². The molecule has 0 aliphatic heterocycles. The molecule has 0 bridgehead atoms. The van der Waals surface area contributed by atoms with Gasteiger partial charge in [0.05, 0.1) is 5.41 Å². The van der Waals surface area contributed by atoms with Gasteiger partial charge in [0, 0.05) is 6.04 Å². The summed E-state index contributed by atoms with van der Waals surface area (Å²) >= 11 is 0. The van der Waals surface area contributed by atoms with Crippen LogP contribution in [-0.4, -0.2) is 17.1 Å². The zero-order valence-corrected chi connectivity index (χ0v) is 8.13. The number of rotatable bonds is 5. The zero-order chi connectivity index (χ0) is 9.78. The predicted octanol–water partition coefficient (Wildman–Crippen LogP) is 1.61. The highest BCUT2D eigenvalue weighted by atomic mass is 16.4. The summed E-state index contributed by atoms with van der Waals surface area (Å²) in [7, 11) is 0. The summed E-state index contributed by atoms with van der Waals surface area (Å²) in [5.74, 6) is -0.814. The lowest BCUT2D eigenvalue weighted by Crippen LogP contribution is -2.43. The SMILES string of the molecule is CCCCC(N)C(C)(C)C(=O)O. The highest BCUT2D eigenvalue weighted by Crippen LogP contribution is 2.22. The number of hydrogen-bond acceptors (Lipinski definition) is 2. The molecule has 0 aromatic carbocycles. The highest BCUT2D eigenvalue weighted by molar-refractivity contribution is 5.74. The highest BCUT2D eigenvalue weighted by Gasteiger charge is 2.33. The van der Waals surface area contributed by atoms with Crippen LogP contribution in [0.15, 0.2) is 0 Å². The molecule has 0 fully saturated rings. The van der Waals surface area contributed by atoms with E-state index in [0.717, 1.165) is 19.3 Å². The third kappa shape index (κ3) is 2.81. The van der Waals surface area contributed by atoms with Crippen LogP contribution in [0.25, 0.3) is 0 Å². The van der Waals surface area contributed by atoms with Crippen molar-refractivity contribution in [1.29, 1.82) is 0 Å². The van der Waals surface area contributed by atoms with Gasteiger partial charge in [0.2, 0.25) is 0 Å². The molecule has 12 heavy (non-hydrogen) atoms. The smallest absolute Gasteiger partial charge is 0.310 e. The summed E-state index contributed by atoms with van der Waals surface area (Å²) in [6.07, 6.45) is 2.84. The van der Waals surface area contributed by atoms with Crippen LogP contribution in [0.2, 0.25) is 0 Å². The fourth-order valence-corrected chi connectivity index (χ4v) is 0.943. The largest absolute Gasteiger partial charge is 0.481 e. The van der Waals surface area contributed by atoms with E-state index >= 15 is 0 Å². The summed E-state index contributed by atoms with van der Waals surface area (Å²) in [4.78, 5) is 10.7. The van der Waals surface area contributed by atoms with Crippen LogP contribution in [0, 0.1) is 5.41 Å². The molecule has 0 saturated carbocycles. The molecule has 1 atom stereocenters. The summed E-state index contributed by atoms with van der Waals surface area (Å²) < 4.78 is 0. The van der Waals surface area contributed by atoms with Crippen LogP contribution in [0.5, 0.6) is 0 Å². The van der Waals surface area contributed by atoms with Gasteiger partial charge in [-0.2, -0.15) is 0 Å². The third-order valence-corrected chi connectivity index (χ3v) is 2.35. The summed E-state index contributed by atoms with van der Waals surface area (Å²) in [6, 6.07) is -0.241. The first kappa shape index (κ1) is 11.4. The van der Waals surface area contributed by atoms with Gasteiger partial charge >= 0.3 is 5.97 Å². The number of carboxylic acid groups (broad SMARTS) is 1. The van der Waals surface area contributed by atoms with E-state index in [-0.39, 0.29) is 6.04 Å². The number of unbranched alkanes of at least 4 members (excludes halogenated alkanes) is 1. The van der Waals surface area contributed by atoms with E-state index in [9.17, 15) is 4.79 Å². The van der Waals surface area contributed by atoms with Gasteiger partial charge in [-0.15, -0.1) is 0 Å². The van der Waals surface area contributed by atoms with Gasteiger partial charge < -0.3 is 10.8 Å². The van der Waals surface area contributed by atoms with Gasteiger partial charge in [-0.1, -0.05) is 19.8 Å². The molecule has 0 amide bonds. The molecule has 0 saturated heterocycles. The molecule has 0 aromatic heterocycles. The first-order valence-electron chi connectivity index (χ1n) is 4.42. The second-order valence-electron chi connectivity index (χ2n) is 3.78. The Balaban J connectivity index is 4.06. The van der Waals surface area contributed by atoms with Gasteiger partial charge in [-0.25, -0.2) is 0 Å². The van der Waals surface area contributed by atoms with Gasteiger partial charge in [0.25, 0.3) is 0 Å². The molecule has 0 rings (SSSR count). The first-order chi connectivity index (χ1) is 5.42. The lowest BCUT2D eigenvalue weighted by atomic mass is 9.82. The molecule has 0 spiro atoms. The Hall–Kier alpha value is -0.570. The Labute approximate surface area is 74.0 Å². The molecular formula is C9H19NO2. The predicted molar refractivity (Wildman–Crippen MR) is 48.9 cm³/mol. The molecule has 0 aliphatic rings. The number of carboxylic acids is 1. The fourth-order valence-electron chi connectivity index (χ4n) is 0.943. The second kappa shape index (κ2) is 4.45. The van der Waals surface area contributed by atoms with Crippen molar-refractivity contribution < 1.29 is 9.90 Å². The summed E-state index contributed by atoms with van der Waals surface area (Å²) in [5.41, 5.74) is 4.96. The van der Waals surface area contributed by atoms with Crippen molar-refractivity contribution in [2.75, 3.05) is 0 Å². The normalized spacial score (nSPS) is 14.3. The molecule has 72 valence electrons. The van der Waals surface area contributed by atoms with Crippen LogP contribution in [0.1, 0.15) is 40.0 Å². The molecule has 3 heteroatoms. The maximum atomic E-state index is 10.7. The van der Waals surface area contributed by atoms with Crippen molar-refractivity contribution in [3.8, 4) is 0 Å². The Bertz CT molecular complexity index is 155. The minimum Gasteiger partial charge on any atom is -0.481 e. The standard InChI is InChI=1S/C9H19NO2/c1-4-5-6-7(10)9(2,3)8(11)12/h7H,4-6,10H2,1-3H3,(H,11,12). The van der Waals surface area contributed by atoms with Gasteiger partial charge in [0.15, 0.2) is 0 Å². The van der Waals surface area contributed by atoms with E-state index in [2.05, 4.69) is 6.92 Å².